The number of rotatable bonds is 4. The van der Waals surface area contributed by atoms with Gasteiger partial charge in [0.1, 0.15) is 11.6 Å². The molecule has 1 aromatic heterocycles. The number of carbonyl (C=O) groups excluding carboxylic acids is 2. The third kappa shape index (κ3) is 3.10. The van der Waals surface area contributed by atoms with Crippen LogP contribution in [0.5, 0.6) is 0 Å². The number of ketones is 1. The number of amides is 1. The fraction of sp³-hybridized carbons (Fsp3) is 0.250. The van der Waals surface area contributed by atoms with Crippen molar-refractivity contribution in [3.8, 4) is 0 Å². The van der Waals surface area contributed by atoms with Crippen LogP contribution in [0.25, 0.3) is 0 Å². The minimum absolute atomic E-state index is 0.107. The van der Waals surface area contributed by atoms with Crippen LogP contribution in [0.15, 0.2) is 18.6 Å². The maximum Gasteiger partial charge on any atom is 0.235 e. The van der Waals surface area contributed by atoms with Crippen molar-refractivity contribution in [2.45, 2.75) is 0 Å². The Bertz CT molecular complexity index is 329. The molecule has 0 fully saturated rings. The number of carbonyl (C=O) groups is 2. The van der Waals surface area contributed by atoms with Crippen molar-refractivity contribution in [2.75, 3.05) is 12.4 Å². The highest BCUT2D eigenvalue weighted by Crippen LogP contribution is 1.90. The van der Waals surface area contributed by atoms with E-state index in [1.165, 1.54) is 18.6 Å². The number of hydrogen-bond donors (Lipinski definition) is 1. The molecular formula is C8H8ClN3O2. The molecule has 1 N–H and O–H groups in total. The topological polar surface area (TPSA) is 72.0 Å². The van der Waals surface area contributed by atoms with Gasteiger partial charge in [-0.3, -0.25) is 14.6 Å². The minimum Gasteiger partial charge on any atom is -0.348 e. The summed E-state index contributed by atoms with van der Waals surface area (Å²) in [5.74, 6) is -0.839. The number of alkyl halides is 1. The zero-order valence-electron chi connectivity index (χ0n) is 7.24. The van der Waals surface area contributed by atoms with Gasteiger partial charge in [0.15, 0.2) is 0 Å². The third-order valence-electron chi connectivity index (χ3n) is 1.42. The summed E-state index contributed by atoms with van der Waals surface area (Å²) in [5.41, 5.74) is 0.224. The fourth-order valence-corrected chi connectivity index (χ4v) is 0.854. The van der Waals surface area contributed by atoms with Crippen LogP contribution in [0.3, 0.4) is 0 Å². The van der Waals surface area contributed by atoms with E-state index in [1.54, 1.807) is 0 Å². The van der Waals surface area contributed by atoms with Crippen LogP contribution in [0.1, 0.15) is 10.5 Å². The lowest BCUT2D eigenvalue weighted by Crippen LogP contribution is -2.30. The molecule has 0 radical (unpaired) electrons. The van der Waals surface area contributed by atoms with E-state index < -0.39 is 0 Å². The lowest BCUT2D eigenvalue weighted by molar-refractivity contribution is -0.118. The Morgan fingerprint density at radius 1 is 1.43 bits per heavy atom. The summed E-state index contributed by atoms with van der Waals surface area (Å²) in [6, 6.07) is 0. The highest BCUT2D eigenvalue weighted by molar-refractivity contribution is 6.27. The molecule has 1 amide bonds. The quantitative estimate of drug-likeness (QED) is 0.565. The molecule has 0 aliphatic heterocycles. The smallest absolute Gasteiger partial charge is 0.235 e. The lowest BCUT2D eigenvalue weighted by Gasteiger charge is -2.00. The molecule has 0 bridgehead atoms. The molecule has 0 aliphatic rings. The Hall–Kier alpha value is -1.49. The second kappa shape index (κ2) is 5.29. The van der Waals surface area contributed by atoms with Crippen LogP contribution >= 0.6 is 11.6 Å². The highest BCUT2D eigenvalue weighted by atomic mass is 35.5. The van der Waals surface area contributed by atoms with Gasteiger partial charge in [-0.25, -0.2) is 4.98 Å². The van der Waals surface area contributed by atoms with Gasteiger partial charge in [-0.1, -0.05) is 0 Å². The summed E-state index contributed by atoms with van der Waals surface area (Å²) >= 11 is 5.23. The van der Waals surface area contributed by atoms with Crippen molar-refractivity contribution in [3.63, 3.8) is 0 Å². The Morgan fingerprint density at radius 3 is 2.79 bits per heavy atom. The van der Waals surface area contributed by atoms with Crippen molar-refractivity contribution in [3.05, 3.63) is 24.3 Å². The van der Waals surface area contributed by atoms with Crippen LogP contribution in [-0.4, -0.2) is 34.1 Å². The summed E-state index contributed by atoms with van der Waals surface area (Å²) in [6.45, 7) is -0.107. The first kappa shape index (κ1) is 10.6. The van der Waals surface area contributed by atoms with Crippen LogP contribution in [-0.2, 0) is 4.79 Å². The Kier molecular flexibility index (Phi) is 4.00. The van der Waals surface area contributed by atoms with Gasteiger partial charge in [0.25, 0.3) is 0 Å². The number of aromatic nitrogens is 2. The van der Waals surface area contributed by atoms with E-state index in [9.17, 15) is 9.59 Å². The van der Waals surface area contributed by atoms with Gasteiger partial charge < -0.3 is 5.32 Å². The van der Waals surface area contributed by atoms with Crippen molar-refractivity contribution in [1.82, 2.24) is 15.3 Å². The number of nitrogens with zero attached hydrogens (tertiary/aromatic N) is 2. The van der Waals surface area contributed by atoms with Crippen molar-refractivity contribution in [2.24, 2.45) is 0 Å². The Balaban J connectivity index is 2.48. The minimum atomic E-state index is -0.385. The van der Waals surface area contributed by atoms with Gasteiger partial charge in [0, 0.05) is 12.4 Å². The first-order valence-electron chi connectivity index (χ1n) is 3.86. The van der Waals surface area contributed by atoms with Gasteiger partial charge in [0.05, 0.1) is 12.7 Å². The first-order valence-corrected chi connectivity index (χ1v) is 4.39. The molecule has 1 rings (SSSR count). The molecule has 74 valence electrons. The van der Waals surface area contributed by atoms with Crippen molar-refractivity contribution >= 4 is 23.3 Å². The number of nitrogens with one attached hydrogen (secondary N) is 1. The monoisotopic (exact) mass is 213 g/mol. The molecule has 1 heterocycles. The normalized spacial score (nSPS) is 9.50. The lowest BCUT2D eigenvalue weighted by atomic mass is 10.3. The molecule has 5 nitrogen and oxygen atoms in total. The van der Waals surface area contributed by atoms with Crippen LogP contribution in [0, 0.1) is 0 Å². The van der Waals surface area contributed by atoms with E-state index in [4.69, 9.17) is 11.6 Å². The number of hydrogen-bond acceptors (Lipinski definition) is 4. The maximum absolute atomic E-state index is 11.3. The van der Waals surface area contributed by atoms with Crippen LogP contribution < -0.4 is 5.32 Å². The summed E-state index contributed by atoms with van der Waals surface area (Å²) in [6.07, 6.45) is 4.22. The van der Waals surface area contributed by atoms with Gasteiger partial charge in [-0.15, -0.1) is 11.6 Å². The van der Waals surface area contributed by atoms with E-state index in [-0.39, 0.29) is 29.8 Å². The highest BCUT2D eigenvalue weighted by Gasteiger charge is 2.08. The van der Waals surface area contributed by atoms with E-state index >= 15 is 0 Å². The standard InChI is InChI=1S/C8H8ClN3O2/c9-3-8(14)12-5-7(13)6-4-10-1-2-11-6/h1-2,4H,3,5H2,(H,12,14). The van der Waals surface area contributed by atoms with Crippen LogP contribution in [0.2, 0.25) is 0 Å². The molecular weight excluding hydrogens is 206 g/mol. The summed E-state index contributed by atoms with van der Waals surface area (Å²) in [5, 5.41) is 2.34. The Morgan fingerprint density at radius 2 is 2.21 bits per heavy atom. The Labute approximate surface area is 85.5 Å². The van der Waals surface area contributed by atoms with Crippen molar-refractivity contribution in [1.29, 1.82) is 0 Å². The second-order valence-electron chi connectivity index (χ2n) is 2.42. The molecule has 1 aromatic rings. The summed E-state index contributed by atoms with van der Waals surface area (Å²) in [4.78, 5) is 29.5. The molecule has 0 atom stereocenters. The molecule has 0 aliphatic carbocycles. The van der Waals surface area contributed by atoms with E-state index in [0.717, 1.165) is 0 Å². The predicted octanol–water partition coefficient (Wildman–Crippen LogP) is 0.0143. The molecule has 0 unspecified atom stereocenters. The molecule has 0 spiro atoms. The fourth-order valence-electron chi connectivity index (χ4n) is 0.760. The summed E-state index contributed by atoms with van der Waals surface area (Å²) < 4.78 is 0. The first-order chi connectivity index (χ1) is 6.74. The van der Waals surface area contributed by atoms with Gasteiger partial charge >= 0.3 is 0 Å². The predicted molar refractivity (Wildman–Crippen MR) is 50.1 cm³/mol. The largest absolute Gasteiger partial charge is 0.348 e. The molecule has 0 saturated heterocycles. The number of halogens is 1. The molecule has 14 heavy (non-hydrogen) atoms. The zero-order chi connectivity index (χ0) is 10.4. The average Bonchev–Trinajstić information content (AvgIpc) is 2.26. The maximum atomic E-state index is 11.3. The number of Topliss-reactive ketones (excluding diaryl/α,β-unsaturated/α-hetero) is 1. The average molecular weight is 214 g/mol. The van der Waals surface area contributed by atoms with Crippen molar-refractivity contribution < 1.29 is 9.59 Å². The van der Waals surface area contributed by atoms with Gasteiger partial charge in [-0.2, -0.15) is 0 Å². The van der Waals surface area contributed by atoms with Gasteiger partial charge in [0.2, 0.25) is 11.7 Å². The van der Waals surface area contributed by atoms with Crippen LogP contribution in [0.4, 0.5) is 0 Å². The molecule has 0 aromatic carbocycles. The van der Waals surface area contributed by atoms with E-state index in [0.29, 0.717) is 0 Å². The summed E-state index contributed by atoms with van der Waals surface area (Å²) in [7, 11) is 0. The third-order valence-corrected chi connectivity index (χ3v) is 1.66. The second-order valence-corrected chi connectivity index (χ2v) is 2.69. The molecule has 0 saturated carbocycles. The molecule has 6 heteroatoms. The van der Waals surface area contributed by atoms with E-state index in [1.807, 2.05) is 0 Å². The zero-order valence-corrected chi connectivity index (χ0v) is 7.99. The van der Waals surface area contributed by atoms with E-state index in [2.05, 4.69) is 15.3 Å². The SMILES string of the molecule is O=C(CCl)NCC(=O)c1cnccn1. The van der Waals surface area contributed by atoms with Gasteiger partial charge in [-0.05, 0) is 0 Å².